The van der Waals surface area contributed by atoms with Crippen LogP contribution in [0.2, 0.25) is 0 Å². The molecule has 28 heavy (non-hydrogen) atoms. The van der Waals surface area contributed by atoms with E-state index in [-0.39, 0.29) is 0 Å². The van der Waals surface area contributed by atoms with Crippen molar-refractivity contribution in [2.24, 2.45) is 5.73 Å². The molecule has 0 saturated carbocycles. The van der Waals surface area contributed by atoms with Gasteiger partial charge in [0.2, 0.25) is 0 Å². The van der Waals surface area contributed by atoms with Crippen LogP contribution in [0.15, 0.2) is 48.5 Å². The predicted molar refractivity (Wildman–Crippen MR) is 110 cm³/mol. The number of nitrogens with two attached hydrogens (primary N) is 1. The van der Waals surface area contributed by atoms with E-state index in [0.717, 1.165) is 16.5 Å². The molecule has 3 aromatic rings. The van der Waals surface area contributed by atoms with E-state index < -0.39 is 6.03 Å². The molecule has 1 heterocycles. The fourth-order valence-electron chi connectivity index (χ4n) is 2.93. The lowest BCUT2D eigenvalue weighted by Gasteiger charge is -2.21. The molecular weight excluding hydrogens is 354 g/mol. The number of nitrogens with zero attached hydrogens (tertiary/aromatic N) is 3. The van der Waals surface area contributed by atoms with Crippen LogP contribution < -0.4 is 20.7 Å². The van der Waals surface area contributed by atoms with E-state index in [0.29, 0.717) is 35.9 Å². The number of urea groups is 1. The van der Waals surface area contributed by atoms with Crippen molar-refractivity contribution in [3.8, 4) is 11.8 Å². The Labute approximate surface area is 163 Å². The predicted octanol–water partition coefficient (Wildman–Crippen LogP) is 3.42. The average molecular weight is 375 g/mol. The van der Waals surface area contributed by atoms with E-state index in [4.69, 9.17) is 10.5 Å². The average Bonchev–Trinajstić information content (AvgIpc) is 2.70. The summed E-state index contributed by atoms with van der Waals surface area (Å²) in [5.74, 6) is 1.18. The first kappa shape index (κ1) is 19.0. The van der Waals surface area contributed by atoms with Gasteiger partial charge in [0.25, 0.3) is 0 Å². The van der Waals surface area contributed by atoms with Gasteiger partial charge in [0.05, 0.1) is 18.2 Å². The topological polar surface area (TPSA) is 104 Å². The smallest absolute Gasteiger partial charge is 0.319 e. The fourth-order valence-corrected chi connectivity index (χ4v) is 2.93. The number of ether oxygens (including phenoxy) is 1. The van der Waals surface area contributed by atoms with Gasteiger partial charge in [-0.2, -0.15) is 5.26 Å². The third kappa shape index (κ3) is 4.13. The fraction of sp³-hybridized carbons (Fsp3) is 0.190. The second-order valence-corrected chi connectivity index (χ2v) is 6.31. The van der Waals surface area contributed by atoms with Crippen LogP contribution in [0.3, 0.4) is 0 Å². The lowest BCUT2D eigenvalue weighted by atomic mass is 10.1. The van der Waals surface area contributed by atoms with Crippen molar-refractivity contribution in [2.75, 3.05) is 30.4 Å². The van der Waals surface area contributed by atoms with Crippen molar-refractivity contribution in [3.05, 3.63) is 59.7 Å². The van der Waals surface area contributed by atoms with E-state index in [9.17, 15) is 10.1 Å². The maximum atomic E-state index is 11.8. The SMILES string of the molecule is COc1ccc(N(CCNc2nc3ccc(C)cc3cc2C#N)C(N)=O)cc1. The number of amides is 2. The molecule has 0 bridgehead atoms. The van der Waals surface area contributed by atoms with Crippen molar-refractivity contribution < 1.29 is 9.53 Å². The van der Waals surface area contributed by atoms with Crippen LogP contribution in [0.5, 0.6) is 5.75 Å². The van der Waals surface area contributed by atoms with E-state index in [1.54, 1.807) is 31.4 Å². The molecule has 7 nitrogen and oxygen atoms in total. The van der Waals surface area contributed by atoms with Gasteiger partial charge in [-0.3, -0.25) is 4.90 Å². The van der Waals surface area contributed by atoms with Gasteiger partial charge >= 0.3 is 6.03 Å². The monoisotopic (exact) mass is 375 g/mol. The number of hydrogen-bond donors (Lipinski definition) is 2. The van der Waals surface area contributed by atoms with Crippen LogP contribution in [-0.2, 0) is 0 Å². The first-order valence-electron chi connectivity index (χ1n) is 8.78. The molecule has 3 N–H and O–H groups in total. The van der Waals surface area contributed by atoms with E-state index in [2.05, 4.69) is 16.4 Å². The first-order chi connectivity index (χ1) is 13.5. The normalized spacial score (nSPS) is 10.3. The molecule has 0 saturated heterocycles. The largest absolute Gasteiger partial charge is 0.497 e. The van der Waals surface area contributed by atoms with E-state index in [1.807, 2.05) is 31.2 Å². The zero-order valence-electron chi connectivity index (χ0n) is 15.8. The molecule has 0 atom stereocenters. The van der Waals surface area contributed by atoms with Gasteiger partial charge in [0.1, 0.15) is 17.6 Å². The molecule has 0 aliphatic carbocycles. The lowest BCUT2D eigenvalue weighted by molar-refractivity contribution is 0.254. The maximum absolute atomic E-state index is 11.8. The van der Waals surface area contributed by atoms with Crippen molar-refractivity contribution in [1.82, 2.24) is 4.98 Å². The summed E-state index contributed by atoms with van der Waals surface area (Å²) >= 11 is 0. The number of rotatable bonds is 6. The van der Waals surface area contributed by atoms with E-state index >= 15 is 0 Å². The van der Waals surface area contributed by atoms with Gasteiger partial charge in [0.15, 0.2) is 0 Å². The molecule has 7 heteroatoms. The van der Waals surface area contributed by atoms with Crippen LogP contribution in [0.25, 0.3) is 10.9 Å². The molecule has 0 aliphatic heterocycles. The van der Waals surface area contributed by atoms with Gasteiger partial charge < -0.3 is 15.8 Å². The third-order valence-corrected chi connectivity index (χ3v) is 4.37. The summed E-state index contributed by atoms with van der Waals surface area (Å²) in [7, 11) is 1.58. The summed E-state index contributed by atoms with van der Waals surface area (Å²) in [6, 6.07) is 16.4. The first-order valence-corrected chi connectivity index (χ1v) is 8.78. The number of aromatic nitrogens is 1. The second-order valence-electron chi connectivity index (χ2n) is 6.31. The number of nitriles is 1. The number of carbonyl (C=O) groups excluding carboxylic acids is 1. The molecule has 0 aliphatic rings. The van der Waals surface area contributed by atoms with Gasteiger partial charge in [-0.25, -0.2) is 9.78 Å². The van der Waals surface area contributed by atoms with E-state index in [1.165, 1.54) is 4.90 Å². The Balaban J connectivity index is 1.75. The summed E-state index contributed by atoms with van der Waals surface area (Å²) in [5.41, 5.74) is 8.55. The van der Waals surface area contributed by atoms with Crippen LogP contribution in [0.4, 0.5) is 16.3 Å². The Morgan fingerprint density at radius 2 is 2.00 bits per heavy atom. The zero-order chi connectivity index (χ0) is 20.1. The Morgan fingerprint density at radius 3 is 2.64 bits per heavy atom. The number of pyridine rings is 1. The highest BCUT2D eigenvalue weighted by Crippen LogP contribution is 2.22. The molecule has 0 radical (unpaired) electrons. The number of benzene rings is 2. The summed E-state index contributed by atoms with van der Waals surface area (Å²) in [5, 5.41) is 13.5. The highest BCUT2D eigenvalue weighted by atomic mass is 16.5. The summed E-state index contributed by atoms with van der Waals surface area (Å²) < 4.78 is 5.13. The van der Waals surface area contributed by atoms with Crippen LogP contribution >= 0.6 is 0 Å². The zero-order valence-corrected chi connectivity index (χ0v) is 15.8. The molecule has 2 amide bonds. The quantitative estimate of drug-likeness (QED) is 0.687. The lowest BCUT2D eigenvalue weighted by Crippen LogP contribution is -2.39. The molecule has 0 spiro atoms. The Hall–Kier alpha value is -3.79. The standard InChI is InChI=1S/C21H21N5O2/c1-14-3-8-19-15(11-14)12-16(13-22)20(25-19)24-9-10-26(21(23)27)17-4-6-18(28-2)7-5-17/h3-8,11-12H,9-10H2,1-2H3,(H2,23,27)(H,24,25). The van der Waals surface area contributed by atoms with Crippen LogP contribution in [0, 0.1) is 18.3 Å². The second kappa shape index (κ2) is 8.27. The number of aryl methyl sites for hydroxylation is 1. The number of nitrogens with one attached hydrogen (secondary N) is 1. The molecule has 142 valence electrons. The Kier molecular flexibility index (Phi) is 5.61. The van der Waals surface area contributed by atoms with Gasteiger partial charge in [-0.15, -0.1) is 0 Å². The summed E-state index contributed by atoms with van der Waals surface area (Å²) in [6.45, 7) is 2.70. The molecule has 1 aromatic heterocycles. The number of methoxy groups -OCH3 is 1. The number of anilines is 2. The number of fused-ring (bicyclic) bond motifs is 1. The minimum atomic E-state index is -0.561. The summed E-state index contributed by atoms with van der Waals surface area (Å²) in [4.78, 5) is 17.8. The number of carbonyl (C=O) groups is 1. The van der Waals surface area contributed by atoms with Gasteiger partial charge in [0, 0.05) is 24.2 Å². The van der Waals surface area contributed by atoms with Crippen LogP contribution in [0.1, 0.15) is 11.1 Å². The Bertz CT molecular complexity index is 1040. The van der Waals surface area contributed by atoms with Crippen molar-refractivity contribution in [2.45, 2.75) is 6.92 Å². The molecule has 3 rings (SSSR count). The molecule has 0 unspecified atom stereocenters. The van der Waals surface area contributed by atoms with Crippen molar-refractivity contribution >= 4 is 28.4 Å². The third-order valence-electron chi connectivity index (χ3n) is 4.37. The maximum Gasteiger partial charge on any atom is 0.319 e. The van der Waals surface area contributed by atoms with Gasteiger partial charge in [-0.1, -0.05) is 11.6 Å². The summed E-state index contributed by atoms with van der Waals surface area (Å²) in [6.07, 6.45) is 0. The molecule has 0 fully saturated rings. The van der Waals surface area contributed by atoms with Crippen molar-refractivity contribution in [3.63, 3.8) is 0 Å². The Morgan fingerprint density at radius 1 is 1.25 bits per heavy atom. The molecular formula is C21H21N5O2. The molecule has 2 aromatic carbocycles. The van der Waals surface area contributed by atoms with Crippen molar-refractivity contribution in [1.29, 1.82) is 5.26 Å². The highest BCUT2D eigenvalue weighted by Gasteiger charge is 2.13. The van der Waals surface area contributed by atoms with Gasteiger partial charge in [-0.05, 0) is 49.4 Å². The minimum absolute atomic E-state index is 0.320. The number of primary amides is 1. The minimum Gasteiger partial charge on any atom is -0.497 e. The van der Waals surface area contributed by atoms with Crippen LogP contribution in [-0.4, -0.2) is 31.2 Å². The highest BCUT2D eigenvalue weighted by molar-refractivity contribution is 5.90. The number of hydrogen-bond acceptors (Lipinski definition) is 5.